The van der Waals surface area contributed by atoms with Crippen molar-refractivity contribution in [2.45, 2.75) is 13.5 Å². The Bertz CT molecular complexity index is 667. The molecule has 2 aromatic rings. The predicted octanol–water partition coefficient (Wildman–Crippen LogP) is 2.78. The van der Waals surface area contributed by atoms with E-state index in [0.29, 0.717) is 28.4 Å². The van der Waals surface area contributed by atoms with Crippen LogP contribution in [0.25, 0.3) is 0 Å². The Kier molecular flexibility index (Phi) is 4.75. The molecule has 0 aliphatic rings. The number of carbonyl (C=O) groups is 1. The van der Waals surface area contributed by atoms with Gasteiger partial charge in [0.25, 0.3) is 0 Å². The lowest BCUT2D eigenvalue weighted by Gasteiger charge is -2.12. The van der Waals surface area contributed by atoms with Crippen molar-refractivity contribution in [3.63, 3.8) is 0 Å². The standard InChI is InChI=1S/C15H17ClFN3O/c1-10-8-11(17)4-5-12(10)15(21)14-13(16)9-18-20(14)7-6-19(2)3/h4-5,8-9H,6-7H2,1-3H3. The van der Waals surface area contributed by atoms with Crippen molar-refractivity contribution in [3.05, 3.63) is 52.1 Å². The molecule has 0 fully saturated rings. The lowest BCUT2D eigenvalue weighted by atomic mass is 10.0. The van der Waals surface area contributed by atoms with Crippen LogP contribution < -0.4 is 0 Å². The first kappa shape index (κ1) is 15.7. The summed E-state index contributed by atoms with van der Waals surface area (Å²) >= 11 is 6.10. The maximum absolute atomic E-state index is 13.2. The van der Waals surface area contributed by atoms with Crippen molar-refractivity contribution in [2.24, 2.45) is 0 Å². The van der Waals surface area contributed by atoms with Gasteiger partial charge in [0.05, 0.1) is 17.8 Å². The molecule has 0 spiro atoms. The number of carbonyl (C=O) groups excluding carboxylic acids is 1. The number of nitrogens with zero attached hydrogens (tertiary/aromatic N) is 3. The highest BCUT2D eigenvalue weighted by atomic mass is 35.5. The molecule has 0 saturated heterocycles. The molecule has 4 nitrogen and oxygen atoms in total. The van der Waals surface area contributed by atoms with Gasteiger partial charge >= 0.3 is 0 Å². The fourth-order valence-corrected chi connectivity index (χ4v) is 2.29. The summed E-state index contributed by atoms with van der Waals surface area (Å²) in [5.41, 5.74) is 1.36. The van der Waals surface area contributed by atoms with E-state index < -0.39 is 0 Å². The largest absolute Gasteiger partial charge is 0.308 e. The van der Waals surface area contributed by atoms with Crippen LogP contribution >= 0.6 is 11.6 Å². The molecule has 1 aromatic heterocycles. The van der Waals surface area contributed by atoms with E-state index in [1.807, 2.05) is 19.0 Å². The lowest BCUT2D eigenvalue weighted by molar-refractivity contribution is 0.102. The summed E-state index contributed by atoms with van der Waals surface area (Å²) in [6, 6.07) is 4.09. The Morgan fingerprint density at radius 3 is 2.76 bits per heavy atom. The molecule has 0 aliphatic carbocycles. The van der Waals surface area contributed by atoms with Gasteiger partial charge in [-0.05, 0) is 44.8 Å². The van der Waals surface area contributed by atoms with Crippen LogP contribution in [0.2, 0.25) is 5.02 Å². The molecule has 112 valence electrons. The zero-order chi connectivity index (χ0) is 15.6. The van der Waals surface area contributed by atoms with E-state index in [-0.39, 0.29) is 11.6 Å². The molecule has 0 N–H and O–H groups in total. The van der Waals surface area contributed by atoms with Gasteiger partial charge in [0.2, 0.25) is 5.78 Å². The first-order valence-corrected chi connectivity index (χ1v) is 6.95. The van der Waals surface area contributed by atoms with Crippen LogP contribution in [0, 0.1) is 12.7 Å². The maximum Gasteiger partial charge on any atom is 0.212 e. The number of rotatable bonds is 5. The van der Waals surface area contributed by atoms with Gasteiger partial charge in [-0.15, -0.1) is 0 Å². The normalized spacial score (nSPS) is 11.1. The topological polar surface area (TPSA) is 38.1 Å². The minimum Gasteiger partial charge on any atom is -0.308 e. The number of benzene rings is 1. The number of halogens is 2. The third-order valence-corrected chi connectivity index (χ3v) is 3.48. The average Bonchev–Trinajstić information content (AvgIpc) is 2.77. The van der Waals surface area contributed by atoms with Crippen molar-refractivity contribution < 1.29 is 9.18 Å². The molecule has 21 heavy (non-hydrogen) atoms. The van der Waals surface area contributed by atoms with E-state index in [4.69, 9.17) is 11.6 Å². The molecule has 0 atom stereocenters. The third kappa shape index (κ3) is 3.49. The van der Waals surface area contributed by atoms with E-state index in [9.17, 15) is 9.18 Å². The van der Waals surface area contributed by atoms with Crippen molar-refractivity contribution >= 4 is 17.4 Å². The van der Waals surface area contributed by atoms with Gasteiger partial charge in [-0.1, -0.05) is 11.6 Å². The first-order chi connectivity index (χ1) is 9.90. The molecular weight excluding hydrogens is 293 g/mol. The highest BCUT2D eigenvalue weighted by molar-refractivity contribution is 6.34. The number of aromatic nitrogens is 2. The quantitative estimate of drug-likeness (QED) is 0.797. The van der Waals surface area contributed by atoms with Crippen molar-refractivity contribution in [1.29, 1.82) is 0 Å². The van der Waals surface area contributed by atoms with Crippen LogP contribution in [-0.2, 0) is 6.54 Å². The van der Waals surface area contributed by atoms with Gasteiger partial charge in [-0.25, -0.2) is 4.39 Å². The molecule has 2 rings (SSSR count). The highest BCUT2D eigenvalue weighted by Crippen LogP contribution is 2.21. The van der Waals surface area contributed by atoms with Gasteiger partial charge in [0.15, 0.2) is 0 Å². The SMILES string of the molecule is Cc1cc(F)ccc1C(=O)c1c(Cl)cnn1CCN(C)C. The average molecular weight is 310 g/mol. The van der Waals surface area contributed by atoms with Gasteiger partial charge in [-0.2, -0.15) is 5.10 Å². The third-order valence-electron chi connectivity index (χ3n) is 3.20. The van der Waals surface area contributed by atoms with E-state index in [1.165, 1.54) is 24.4 Å². The summed E-state index contributed by atoms with van der Waals surface area (Å²) in [6.45, 7) is 2.99. The number of hydrogen-bond acceptors (Lipinski definition) is 3. The lowest BCUT2D eigenvalue weighted by Crippen LogP contribution is -2.22. The number of hydrogen-bond donors (Lipinski definition) is 0. The van der Waals surface area contributed by atoms with Crippen LogP contribution in [0.5, 0.6) is 0 Å². The van der Waals surface area contributed by atoms with Crippen LogP contribution in [0.15, 0.2) is 24.4 Å². The summed E-state index contributed by atoms with van der Waals surface area (Å²) in [7, 11) is 3.88. The van der Waals surface area contributed by atoms with Gasteiger partial charge in [-0.3, -0.25) is 9.48 Å². The fourth-order valence-electron chi connectivity index (χ4n) is 2.06. The van der Waals surface area contributed by atoms with E-state index in [0.717, 1.165) is 6.54 Å². The summed E-state index contributed by atoms with van der Waals surface area (Å²) < 4.78 is 14.8. The number of ketones is 1. The number of aryl methyl sites for hydroxylation is 1. The van der Waals surface area contributed by atoms with Crippen molar-refractivity contribution in [3.8, 4) is 0 Å². The summed E-state index contributed by atoms with van der Waals surface area (Å²) in [4.78, 5) is 14.6. The van der Waals surface area contributed by atoms with Crippen LogP contribution in [0.1, 0.15) is 21.6 Å². The Balaban J connectivity index is 2.36. The molecular formula is C15H17ClFN3O. The second-order valence-corrected chi connectivity index (χ2v) is 5.56. The van der Waals surface area contributed by atoms with Gasteiger partial charge < -0.3 is 4.90 Å². The van der Waals surface area contributed by atoms with Crippen LogP contribution in [-0.4, -0.2) is 41.1 Å². The molecule has 0 bridgehead atoms. The second kappa shape index (κ2) is 6.37. The molecule has 0 saturated carbocycles. The van der Waals surface area contributed by atoms with E-state index >= 15 is 0 Å². The minimum absolute atomic E-state index is 0.242. The van der Waals surface area contributed by atoms with Crippen LogP contribution in [0.4, 0.5) is 4.39 Å². The minimum atomic E-state index is -0.365. The summed E-state index contributed by atoms with van der Waals surface area (Å²) in [5.74, 6) is -0.606. The molecule has 0 aliphatic heterocycles. The zero-order valence-corrected chi connectivity index (χ0v) is 13.0. The Labute approximate surface area is 128 Å². The Morgan fingerprint density at radius 2 is 2.14 bits per heavy atom. The summed E-state index contributed by atoms with van der Waals surface area (Å²) in [5, 5.41) is 4.45. The predicted molar refractivity (Wildman–Crippen MR) is 80.4 cm³/mol. The Hall–Kier alpha value is -1.72. The van der Waals surface area contributed by atoms with Crippen LogP contribution in [0.3, 0.4) is 0 Å². The monoisotopic (exact) mass is 309 g/mol. The van der Waals surface area contributed by atoms with Crippen molar-refractivity contribution in [2.75, 3.05) is 20.6 Å². The molecule has 1 heterocycles. The molecule has 1 aromatic carbocycles. The zero-order valence-electron chi connectivity index (χ0n) is 12.2. The van der Waals surface area contributed by atoms with E-state index in [1.54, 1.807) is 11.6 Å². The second-order valence-electron chi connectivity index (χ2n) is 5.16. The smallest absolute Gasteiger partial charge is 0.212 e. The highest BCUT2D eigenvalue weighted by Gasteiger charge is 2.20. The summed E-state index contributed by atoms with van der Waals surface area (Å²) in [6.07, 6.45) is 1.46. The van der Waals surface area contributed by atoms with E-state index in [2.05, 4.69) is 5.10 Å². The number of likely N-dealkylation sites (N-methyl/N-ethyl adjacent to an activating group) is 1. The molecule has 0 amide bonds. The maximum atomic E-state index is 13.2. The Morgan fingerprint density at radius 1 is 1.43 bits per heavy atom. The first-order valence-electron chi connectivity index (χ1n) is 6.57. The van der Waals surface area contributed by atoms with Crippen molar-refractivity contribution in [1.82, 2.24) is 14.7 Å². The van der Waals surface area contributed by atoms with Gasteiger partial charge in [0.1, 0.15) is 11.5 Å². The molecule has 0 unspecified atom stereocenters. The fraction of sp³-hybridized carbons (Fsp3) is 0.333. The molecule has 0 radical (unpaired) electrons. The molecule has 6 heteroatoms. The van der Waals surface area contributed by atoms with Gasteiger partial charge in [0, 0.05) is 12.1 Å².